The summed E-state index contributed by atoms with van der Waals surface area (Å²) in [4.78, 5) is 12.2. The summed E-state index contributed by atoms with van der Waals surface area (Å²) in [6, 6.07) is 8.21. The quantitative estimate of drug-likeness (QED) is 0.597. The Balaban J connectivity index is 1.84. The van der Waals surface area contributed by atoms with Crippen molar-refractivity contribution in [1.82, 2.24) is 5.32 Å². The van der Waals surface area contributed by atoms with Crippen LogP contribution in [-0.4, -0.2) is 32.4 Å². The topological polar surface area (TPSA) is 63.2 Å². The van der Waals surface area contributed by atoms with Crippen LogP contribution in [0.15, 0.2) is 30.3 Å². The van der Waals surface area contributed by atoms with Gasteiger partial charge in [-0.25, -0.2) is 8.42 Å². The Hall–Kier alpha value is -1.62. The number of aryl methyl sites for hydroxylation is 1. The first-order chi connectivity index (χ1) is 11.8. The van der Waals surface area contributed by atoms with Crippen LogP contribution in [0.2, 0.25) is 0 Å². The van der Waals surface area contributed by atoms with Gasteiger partial charge in [0.25, 0.3) is 0 Å². The van der Waals surface area contributed by atoms with Gasteiger partial charge in [-0.1, -0.05) is 43.7 Å². The molecule has 1 saturated heterocycles. The van der Waals surface area contributed by atoms with E-state index in [4.69, 9.17) is 0 Å². The molecule has 1 aliphatic rings. The van der Waals surface area contributed by atoms with E-state index in [0.717, 1.165) is 30.4 Å². The maximum atomic E-state index is 12.2. The van der Waals surface area contributed by atoms with Gasteiger partial charge in [-0.3, -0.25) is 4.79 Å². The zero-order valence-electron chi connectivity index (χ0n) is 15.4. The van der Waals surface area contributed by atoms with Gasteiger partial charge in [0.2, 0.25) is 5.91 Å². The van der Waals surface area contributed by atoms with Gasteiger partial charge < -0.3 is 5.32 Å². The number of hydrogen-bond donors (Lipinski definition) is 1. The first-order valence-electron chi connectivity index (χ1n) is 9.04. The Morgan fingerprint density at radius 2 is 1.96 bits per heavy atom. The number of benzene rings is 1. The van der Waals surface area contributed by atoms with Gasteiger partial charge in [-0.05, 0) is 49.2 Å². The second-order valence-corrected chi connectivity index (χ2v) is 9.55. The van der Waals surface area contributed by atoms with Gasteiger partial charge in [0.1, 0.15) is 0 Å². The lowest BCUT2D eigenvalue weighted by Gasteiger charge is -2.13. The summed E-state index contributed by atoms with van der Waals surface area (Å²) in [5.74, 6) is 1.07. The van der Waals surface area contributed by atoms with Crippen LogP contribution in [0.25, 0.3) is 5.57 Å². The number of hydrogen-bond acceptors (Lipinski definition) is 3. The fraction of sp³-hybridized carbons (Fsp3) is 0.550. The minimum Gasteiger partial charge on any atom is -0.353 e. The summed E-state index contributed by atoms with van der Waals surface area (Å²) in [7, 11) is -2.80. The molecule has 1 atom stereocenters. The SMILES string of the molecule is Cc1ccc(/C(=C/C(=O)NCCCC2CCS(=O)(=O)C2)C(C)C)cc1. The van der Waals surface area contributed by atoms with Crippen molar-refractivity contribution < 1.29 is 13.2 Å². The van der Waals surface area contributed by atoms with Crippen molar-refractivity contribution >= 4 is 21.3 Å². The standard InChI is InChI=1S/C20H29NO3S/c1-15(2)19(18-8-6-16(3)7-9-18)13-20(22)21-11-4-5-17-10-12-25(23,24)14-17/h6-9,13,15,17H,4-5,10-12,14H2,1-3H3,(H,21,22)/b19-13+. The van der Waals surface area contributed by atoms with E-state index in [2.05, 4.69) is 43.4 Å². The third-order valence-corrected chi connectivity index (χ3v) is 6.55. The lowest BCUT2D eigenvalue weighted by molar-refractivity contribution is -0.116. The predicted octanol–water partition coefficient (Wildman–Crippen LogP) is 3.37. The van der Waals surface area contributed by atoms with Gasteiger partial charge in [0, 0.05) is 12.6 Å². The van der Waals surface area contributed by atoms with Crippen LogP contribution >= 0.6 is 0 Å². The molecule has 0 aliphatic carbocycles. The maximum Gasteiger partial charge on any atom is 0.244 e. The van der Waals surface area contributed by atoms with Crippen LogP contribution in [0.3, 0.4) is 0 Å². The molecule has 0 bridgehead atoms. The fourth-order valence-corrected chi connectivity index (χ4v) is 5.13. The Bertz CT molecular complexity index is 718. The third kappa shape index (κ3) is 6.31. The molecule has 1 heterocycles. The van der Waals surface area contributed by atoms with E-state index >= 15 is 0 Å². The molecule has 0 saturated carbocycles. The number of rotatable bonds is 7. The van der Waals surface area contributed by atoms with Crippen LogP contribution in [0.1, 0.15) is 44.2 Å². The number of nitrogens with one attached hydrogen (secondary N) is 1. The predicted molar refractivity (Wildman–Crippen MR) is 103 cm³/mol. The van der Waals surface area contributed by atoms with E-state index in [-0.39, 0.29) is 17.7 Å². The molecule has 0 spiro atoms. The average Bonchev–Trinajstić information content (AvgIpc) is 2.89. The van der Waals surface area contributed by atoms with Crippen molar-refractivity contribution in [3.8, 4) is 0 Å². The molecule has 1 N–H and O–H groups in total. The van der Waals surface area contributed by atoms with E-state index in [0.29, 0.717) is 18.1 Å². The van der Waals surface area contributed by atoms with E-state index in [1.165, 1.54) is 5.56 Å². The molecule has 1 amide bonds. The zero-order valence-corrected chi connectivity index (χ0v) is 16.2. The maximum absolute atomic E-state index is 12.2. The van der Waals surface area contributed by atoms with Gasteiger partial charge in [-0.15, -0.1) is 0 Å². The molecule has 138 valence electrons. The van der Waals surface area contributed by atoms with Crippen molar-refractivity contribution in [3.05, 3.63) is 41.5 Å². The molecule has 25 heavy (non-hydrogen) atoms. The van der Waals surface area contributed by atoms with Gasteiger partial charge in [0.15, 0.2) is 9.84 Å². The highest BCUT2D eigenvalue weighted by Crippen LogP contribution is 2.24. The number of amides is 1. The highest BCUT2D eigenvalue weighted by molar-refractivity contribution is 7.91. The minimum absolute atomic E-state index is 0.0803. The molecule has 0 aromatic heterocycles. The van der Waals surface area contributed by atoms with Gasteiger partial charge >= 0.3 is 0 Å². The van der Waals surface area contributed by atoms with Crippen LogP contribution < -0.4 is 5.32 Å². The van der Waals surface area contributed by atoms with Crippen molar-refractivity contribution in [2.24, 2.45) is 11.8 Å². The molecule has 4 nitrogen and oxygen atoms in total. The Labute approximate surface area is 151 Å². The second kappa shape index (κ2) is 8.65. The molecule has 0 radical (unpaired) electrons. The monoisotopic (exact) mass is 363 g/mol. The molecule has 1 fully saturated rings. The van der Waals surface area contributed by atoms with E-state index < -0.39 is 9.84 Å². The molecular weight excluding hydrogens is 334 g/mol. The van der Waals surface area contributed by atoms with Crippen molar-refractivity contribution in [1.29, 1.82) is 0 Å². The molecule has 1 aliphatic heterocycles. The molecule has 1 aromatic carbocycles. The summed E-state index contributed by atoms with van der Waals surface area (Å²) in [5.41, 5.74) is 3.30. The zero-order chi connectivity index (χ0) is 18.4. The third-order valence-electron chi connectivity index (χ3n) is 4.71. The van der Waals surface area contributed by atoms with Crippen LogP contribution in [-0.2, 0) is 14.6 Å². The lowest BCUT2D eigenvalue weighted by Crippen LogP contribution is -2.23. The van der Waals surface area contributed by atoms with E-state index in [1.54, 1.807) is 6.08 Å². The Morgan fingerprint density at radius 3 is 2.52 bits per heavy atom. The average molecular weight is 364 g/mol. The van der Waals surface area contributed by atoms with Crippen LogP contribution in [0.5, 0.6) is 0 Å². The van der Waals surface area contributed by atoms with Crippen molar-refractivity contribution in [2.45, 2.75) is 40.0 Å². The van der Waals surface area contributed by atoms with Crippen LogP contribution in [0.4, 0.5) is 0 Å². The summed E-state index contributed by atoms with van der Waals surface area (Å²) in [5, 5.41) is 2.93. The minimum atomic E-state index is -2.80. The fourth-order valence-electron chi connectivity index (χ4n) is 3.22. The molecule has 1 unspecified atom stereocenters. The summed E-state index contributed by atoms with van der Waals surface area (Å²) < 4.78 is 22.9. The second-order valence-electron chi connectivity index (χ2n) is 7.32. The highest BCUT2D eigenvalue weighted by atomic mass is 32.2. The van der Waals surface area contributed by atoms with Crippen LogP contribution in [0, 0.1) is 18.8 Å². The lowest BCUT2D eigenvalue weighted by atomic mass is 9.94. The summed E-state index contributed by atoms with van der Waals surface area (Å²) >= 11 is 0. The smallest absolute Gasteiger partial charge is 0.244 e. The van der Waals surface area contributed by atoms with Crippen molar-refractivity contribution in [3.63, 3.8) is 0 Å². The number of sulfone groups is 1. The molecule has 2 rings (SSSR count). The van der Waals surface area contributed by atoms with E-state index in [1.807, 2.05) is 6.92 Å². The van der Waals surface area contributed by atoms with Crippen molar-refractivity contribution in [2.75, 3.05) is 18.1 Å². The largest absolute Gasteiger partial charge is 0.353 e. The number of allylic oxidation sites excluding steroid dienone is 1. The molecular formula is C20H29NO3S. The normalized spacial score (nSPS) is 20.0. The molecule has 1 aromatic rings. The first kappa shape index (κ1) is 19.7. The van der Waals surface area contributed by atoms with E-state index in [9.17, 15) is 13.2 Å². The Morgan fingerprint density at radius 1 is 1.28 bits per heavy atom. The highest BCUT2D eigenvalue weighted by Gasteiger charge is 2.27. The first-order valence-corrected chi connectivity index (χ1v) is 10.9. The van der Waals surface area contributed by atoms with Gasteiger partial charge in [-0.2, -0.15) is 0 Å². The number of carbonyl (C=O) groups is 1. The Kier molecular flexibility index (Phi) is 6.82. The summed E-state index contributed by atoms with van der Waals surface area (Å²) in [6.07, 6.45) is 4.13. The number of carbonyl (C=O) groups excluding carboxylic acids is 1. The summed E-state index contributed by atoms with van der Waals surface area (Å²) in [6.45, 7) is 6.80. The molecule has 5 heteroatoms. The van der Waals surface area contributed by atoms with Gasteiger partial charge in [0.05, 0.1) is 11.5 Å².